The van der Waals surface area contributed by atoms with E-state index in [-0.39, 0.29) is 29.5 Å². The molecule has 2 fully saturated rings. The number of nitrogens with zero attached hydrogens (tertiary/aromatic N) is 3. The van der Waals surface area contributed by atoms with Gasteiger partial charge < -0.3 is 24.4 Å². The lowest BCUT2D eigenvalue weighted by Gasteiger charge is -2.38. The van der Waals surface area contributed by atoms with Gasteiger partial charge in [-0.05, 0) is 49.6 Å². The second-order valence-corrected chi connectivity index (χ2v) is 8.25. The monoisotopic (exact) mass is 483 g/mol. The molecule has 1 unspecified atom stereocenters. The molecular formula is C25H26FN3O6. The summed E-state index contributed by atoms with van der Waals surface area (Å²) in [5.41, 5.74) is 0.327. The number of likely N-dealkylation sites (tertiary alicyclic amines) is 2. The molecule has 0 bridgehead atoms. The van der Waals surface area contributed by atoms with Gasteiger partial charge in [0.05, 0.1) is 30.9 Å². The van der Waals surface area contributed by atoms with Crippen LogP contribution in [0.1, 0.15) is 36.9 Å². The molecule has 2 saturated heterocycles. The molecule has 4 rings (SSSR count). The summed E-state index contributed by atoms with van der Waals surface area (Å²) in [6, 6.07) is 5.63. The fraction of sp³-hybridized carbons (Fsp3) is 0.360. The molecule has 2 aliphatic heterocycles. The smallest absolute Gasteiger partial charge is 0.409 e. The zero-order valence-electron chi connectivity index (χ0n) is 19.4. The Morgan fingerprint density at radius 1 is 1.23 bits per heavy atom. The summed E-state index contributed by atoms with van der Waals surface area (Å²) in [5, 5.41) is 11.2. The van der Waals surface area contributed by atoms with Gasteiger partial charge in [-0.25, -0.2) is 9.18 Å². The van der Waals surface area contributed by atoms with Crippen molar-refractivity contribution in [2.75, 3.05) is 26.8 Å². The average molecular weight is 483 g/mol. The number of amides is 2. The number of piperidine rings is 1. The number of aliphatic hydroxyl groups is 1. The highest BCUT2D eigenvalue weighted by molar-refractivity contribution is 6.46. The van der Waals surface area contributed by atoms with Crippen molar-refractivity contribution in [2.45, 2.75) is 31.8 Å². The Bertz CT molecular complexity index is 1160. The maximum atomic E-state index is 14.0. The number of ether oxygens (including phenoxy) is 2. The lowest BCUT2D eigenvalue weighted by atomic mass is 9.94. The molecule has 0 radical (unpaired) electrons. The van der Waals surface area contributed by atoms with E-state index in [9.17, 15) is 23.9 Å². The predicted octanol–water partition coefficient (Wildman–Crippen LogP) is 3.27. The molecular weight excluding hydrogens is 457 g/mol. The standard InChI is InChI=1S/C25H26FN3O6/c1-3-35-25(33)28-11-8-17(9-12-28)29-21(15-5-4-10-27-14-15)20(23(31)24(29)32)22(30)18-13-16(26)6-7-19(18)34-2/h4-7,10,13-14,17,21,30H,3,8-9,11-12H2,1-2H3/b22-20+. The Balaban J connectivity index is 1.76. The molecule has 0 saturated carbocycles. The van der Waals surface area contributed by atoms with Crippen molar-refractivity contribution in [3.05, 3.63) is 65.2 Å². The molecule has 1 atom stereocenters. The van der Waals surface area contributed by atoms with Gasteiger partial charge in [0, 0.05) is 31.5 Å². The van der Waals surface area contributed by atoms with Crippen LogP contribution in [-0.4, -0.2) is 70.5 Å². The summed E-state index contributed by atoms with van der Waals surface area (Å²) >= 11 is 0. The van der Waals surface area contributed by atoms with Crippen LogP contribution in [0.2, 0.25) is 0 Å². The van der Waals surface area contributed by atoms with Crippen molar-refractivity contribution in [1.82, 2.24) is 14.8 Å². The molecule has 2 aromatic rings. The van der Waals surface area contributed by atoms with Crippen LogP contribution >= 0.6 is 0 Å². The van der Waals surface area contributed by atoms with E-state index in [1.54, 1.807) is 30.2 Å². The van der Waals surface area contributed by atoms with Gasteiger partial charge in [-0.15, -0.1) is 0 Å². The average Bonchev–Trinajstić information content (AvgIpc) is 3.14. The molecule has 1 aromatic carbocycles. The summed E-state index contributed by atoms with van der Waals surface area (Å²) in [6.07, 6.45) is 3.50. The first-order chi connectivity index (χ1) is 16.9. The number of hydrogen-bond donors (Lipinski definition) is 1. The minimum Gasteiger partial charge on any atom is -0.507 e. The fourth-order valence-electron chi connectivity index (χ4n) is 4.64. The minimum absolute atomic E-state index is 0.0310. The molecule has 1 N–H and O–H groups in total. The van der Waals surface area contributed by atoms with Crippen molar-refractivity contribution < 1.29 is 33.4 Å². The molecule has 9 nitrogen and oxygen atoms in total. The molecule has 1 aromatic heterocycles. The number of benzene rings is 1. The summed E-state index contributed by atoms with van der Waals surface area (Å²) in [5.74, 6) is -2.66. The Hall–Kier alpha value is -3.95. The van der Waals surface area contributed by atoms with E-state index in [1.165, 1.54) is 30.3 Å². The van der Waals surface area contributed by atoms with Crippen LogP contribution in [0, 0.1) is 5.82 Å². The van der Waals surface area contributed by atoms with Gasteiger partial charge in [0.15, 0.2) is 0 Å². The molecule has 35 heavy (non-hydrogen) atoms. The number of methoxy groups -OCH3 is 1. The first-order valence-electron chi connectivity index (χ1n) is 11.3. The van der Waals surface area contributed by atoms with E-state index < -0.39 is 35.4 Å². The first-order valence-corrected chi connectivity index (χ1v) is 11.3. The highest BCUT2D eigenvalue weighted by Gasteiger charge is 2.49. The number of carbonyl (C=O) groups excluding carboxylic acids is 3. The van der Waals surface area contributed by atoms with E-state index in [4.69, 9.17) is 9.47 Å². The Kier molecular flexibility index (Phi) is 6.99. The lowest BCUT2D eigenvalue weighted by Crippen LogP contribution is -2.48. The summed E-state index contributed by atoms with van der Waals surface area (Å²) in [4.78, 5) is 45.7. The quantitative estimate of drug-likeness (QED) is 0.395. The van der Waals surface area contributed by atoms with E-state index in [2.05, 4.69) is 4.98 Å². The number of halogens is 1. The Morgan fingerprint density at radius 3 is 2.60 bits per heavy atom. The number of aliphatic hydroxyl groups excluding tert-OH is 1. The summed E-state index contributed by atoms with van der Waals surface area (Å²) < 4.78 is 24.4. The number of ketones is 1. The number of carbonyl (C=O) groups is 3. The van der Waals surface area contributed by atoms with Gasteiger partial charge in [-0.2, -0.15) is 0 Å². The normalized spacial score (nSPS) is 20.3. The SMILES string of the molecule is CCOC(=O)N1CCC(N2C(=O)C(=O)/C(=C(/O)c3cc(F)ccc3OC)C2c2cccnc2)CC1. The van der Waals surface area contributed by atoms with Gasteiger partial charge in [-0.1, -0.05) is 6.07 Å². The maximum Gasteiger partial charge on any atom is 0.409 e. The Labute approximate surface area is 201 Å². The highest BCUT2D eigenvalue weighted by Crippen LogP contribution is 2.43. The zero-order chi connectivity index (χ0) is 25.1. The van der Waals surface area contributed by atoms with Crippen LogP contribution in [0.4, 0.5) is 9.18 Å². The second-order valence-electron chi connectivity index (χ2n) is 8.25. The summed E-state index contributed by atoms with van der Waals surface area (Å²) in [6.45, 7) is 2.69. The van der Waals surface area contributed by atoms with Gasteiger partial charge in [-0.3, -0.25) is 14.6 Å². The molecule has 10 heteroatoms. The highest BCUT2D eigenvalue weighted by atomic mass is 19.1. The van der Waals surface area contributed by atoms with E-state index >= 15 is 0 Å². The number of rotatable bonds is 5. The van der Waals surface area contributed by atoms with Crippen molar-refractivity contribution in [1.29, 1.82) is 0 Å². The van der Waals surface area contributed by atoms with Crippen molar-refractivity contribution >= 4 is 23.5 Å². The van der Waals surface area contributed by atoms with E-state index in [1.807, 2.05) is 0 Å². The van der Waals surface area contributed by atoms with Gasteiger partial charge in [0.25, 0.3) is 11.7 Å². The predicted molar refractivity (Wildman–Crippen MR) is 123 cm³/mol. The lowest BCUT2D eigenvalue weighted by molar-refractivity contribution is -0.142. The third-order valence-corrected chi connectivity index (χ3v) is 6.28. The second kappa shape index (κ2) is 10.1. The summed E-state index contributed by atoms with van der Waals surface area (Å²) in [7, 11) is 1.36. The van der Waals surface area contributed by atoms with Crippen LogP contribution in [-0.2, 0) is 14.3 Å². The van der Waals surface area contributed by atoms with Gasteiger partial charge in [0.1, 0.15) is 17.3 Å². The van der Waals surface area contributed by atoms with Crippen molar-refractivity contribution in [3.8, 4) is 5.75 Å². The van der Waals surface area contributed by atoms with Crippen molar-refractivity contribution in [3.63, 3.8) is 0 Å². The fourth-order valence-corrected chi connectivity index (χ4v) is 4.64. The third kappa shape index (κ3) is 4.55. The van der Waals surface area contributed by atoms with Crippen LogP contribution in [0.25, 0.3) is 5.76 Å². The number of pyridine rings is 1. The molecule has 3 heterocycles. The largest absolute Gasteiger partial charge is 0.507 e. The first kappa shape index (κ1) is 24.2. The number of hydrogen-bond acceptors (Lipinski definition) is 7. The van der Waals surface area contributed by atoms with Crippen LogP contribution < -0.4 is 4.74 Å². The number of Topliss-reactive ketones (excluding diaryl/α,β-unsaturated/α-hetero) is 1. The van der Waals surface area contributed by atoms with Crippen LogP contribution in [0.3, 0.4) is 0 Å². The third-order valence-electron chi connectivity index (χ3n) is 6.28. The Morgan fingerprint density at radius 2 is 1.97 bits per heavy atom. The van der Waals surface area contributed by atoms with Gasteiger partial charge in [0.2, 0.25) is 0 Å². The molecule has 2 aliphatic rings. The van der Waals surface area contributed by atoms with E-state index in [0.717, 1.165) is 6.07 Å². The van der Waals surface area contributed by atoms with E-state index in [0.29, 0.717) is 31.5 Å². The van der Waals surface area contributed by atoms with Gasteiger partial charge >= 0.3 is 6.09 Å². The molecule has 0 aliphatic carbocycles. The molecule has 2 amide bonds. The minimum atomic E-state index is -0.934. The zero-order valence-corrected chi connectivity index (χ0v) is 19.4. The maximum absolute atomic E-state index is 14.0. The topological polar surface area (TPSA) is 109 Å². The van der Waals surface area contributed by atoms with Crippen LogP contribution in [0.5, 0.6) is 5.75 Å². The number of aromatic nitrogens is 1. The molecule has 0 spiro atoms. The van der Waals surface area contributed by atoms with Crippen LogP contribution in [0.15, 0.2) is 48.3 Å². The van der Waals surface area contributed by atoms with Crippen molar-refractivity contribution in [2.24, 2.45) is 0 Å². The molecule has 184 valence electrons.